The summed E-state index contributed by atoms with van der Waals surface area (Å²) in [6.07, 6.45) is 3.31. The van der Waals surface area contributed by atoms with Gasteiger partial charge in [0.1, 0.15) is 12.5 Å². The highest BCUT2D eigenvalue weighted by molar-refractivity contribution is 14.0. The summed E-state index contributed by atoms with van der Waals surface area (Å²) in [5.74, 6) is 1.84. The van der Waals surface area contributed by atoms with Crippen LogP contribution in [0.25, 0.3) is 22.9 Å². The van der Waals surface area contributed by atoms with Crippen molar-refractivity contribution in [3.63, 3.8) is 0 Å². The number of hydrogen-bond acceptors (Lipinski definition) is 5. The third-order valence-corrected chi connectivity index (χ3v) is 4.80. The van der Waals surface area contributed by atoms with Crippen LogP contribution < -0.4 is 10.6 Å². The van der Waals surface area contributed by atoms with Crippen LogP contribution >= 0.6 is 24.0 Å². The van der Waals surface area contributed by atoms with Gasteiger partial charge in [-0.25, -0.2) is 9.97 Å². The molecule has 0 spiro atoms. The summed E-state index contributed by atoms with van der Waals surface area (Å²) < 4.78 is 11.2. The van der Waals surface area contributed by atoms with Gasteiger partial charge in [0, 0.05) is 18.2 Å². The van der Waals surface area contributed by atoms with Crippen LogP contribution in [0.15, 0.2) is 74.9 Å². The molecule has 0 fully saturated rings. The van der Waals surface area contributed by atoms with Gasteiger partial charge in [0.05, 0.1) is 24.5 Å². The van der Waals surface area contributed by atoms with E-state index < -0.39 is 0 Å². The maximum Gasteiger partial charge on any atom is 0.226 e. The number of aliphatic imine (C=N–C) groups is 1. The van der Waals surface area contributed by atoms with Crippen molar-refractivity contribution in [1.82, 2.24) is 20.6 Å². The van der Waals surface area contributed by atoms with Crippen LogP contribution in [-0.4, -0.2) is 23.0 Å². The number of aromatic nitrogens is 2. The third kappa shape index (κ3) is 5.97. The lowest BCUT2D eigenvalue weighted by Gasteiger charge is -2.09. The first kappa shape index (κ1) is 23.5. The highest BCUT2D eigenvalue weighted by Gasteiger charge is 2.09. The van der Waals surface area contributed by atoms with Gasteiger partial charge >= 0.3 is 0 Å². The molecule has 0 bridgehead atoms. The molecule has 0 saturated carbocycles. The first-order valence-electron chi connectivity index (χ1n) is 10.1. The lowest BCUT2D eigenvalue weighted by atomic mass is 10.1. The predicted octanol–water partition coefficient (Wildman–Crippen LogP) is 5.10. The minimum absolute atomic E-state index is 0. The van der Waals surface area contributed by atoms with Gasteiger partial charge in [-0.1, -0.05) is 35.4 Å². The molecule has 0 radical (unpaired) electrons. The molecule has 4 rings (SSSR count). The molecule has 0 atom stereocenters. The lowest BCUT2D eigenvalue weighted by molar-refractivity contribution is 0.571. The molecule has 0 aliphatic rings. The highest BCUT2D eigenvalue weighted by atomic mass is 127. The quantitative estimate of drug-likeness (QED) is 0.200. The normalized spacial score (nSPS) is 10.3. The summed E-state index contributed by atoms with van der Waals surface area (Å²) in [7, 11) is 1.72. The van der Waals surface area contributed by atoms with Crippen molar-refractivity contribution in [1.29, 1.82) is 0 Å². The molecule has 2 aromatic carbocycles. The van der Waals surface area contributed by atoms with Gasteiger partial charge in [-0.3, -0.25) is 4.99 Å². The fourth-order valence-corrected chi connectivity index (χ4v) is 3.00. The van der Waals surface area contributed by atoms with Crippen LogP contribution in [0.5, 0.6) is 0 Å². The van der Waals surface area contributed by atoms with Crippen molar-refractivity contribution >= 4 is 29.9 Å². The number of guanidine groups is 1. The first-order valence-corrected chi connectivity index (χ1v) is 10.1. The first-order chi connectivity index (χ1) is 15.1. The number of halogens is 1. The van der Waals surface area contributed by atoms with Crippen molar-refractivity contribution in [2.75, 3.05) is 7.05 Å². The molecule has 2 N–H and O–H groups in total. The van der Waals surface area contributed by atoms with E-state index >= 15 is 0 Å². The Bertz CT molecular complexity index is 1070. The molecule has 7 nitrogen and oxygen atoms in total. The summed E-state index contributed by atoms with van der Waals surface area (Å²) in [5, 5.41) is 6.47. The molecule has 2 aromatic heterocycles. The molecule has 32 heavy (non-hydrogen) atoms. The summed E-state index contributed by atoms with van der Waals surface area (Å²) in [4.78, 5) is 13.3. The van der Waals surface area contributed by atoms with Gasteiger partial charge in [0.15, 0.2) is 5.96 Å². The summed E-state index contributed by atoms with van der Waals surface area (Å²) in [6, 6.07) is 16.2. The van der Waals surface area contributed by atoms with E-state index in [9.17, 15) is 0 Å². The van der Waals surface area contributed by atoms with E-state index in [4.69, 9.17) is 8.83 Å². The summed E-state index contributed by atoms with van der Waals surface area (Å²) >= 11 is 0. The second-order valence-corrected chi connectivity index (χ2v) is 7.30. The molecule has 0 unspecified atom stereocenters. The van der Waals surface area contributed by atoms with Gasteiger partial charge in [0.2, 0.25) is 11.8 Å². The Kier molecular flexibility index (Phi) is 8.04. The molecular weight excluding hydrogens is 517 g/mol. The molecule has 0 aliphatic carbocycles. The molecule has 166 valence electrons. The van der Waals surface area contributed by atoms with Crippen LogP contribution in [0.4, 0.5) is 0 Å². The Balaban J connectivity index is 0.00000289. The molecule has 0 aliphatic heterocycles. The standard InChI is InChI=1S/C24H25N5O2.HI/c1-16-4-8-18(9-5-16)22-28-20(14-30-22)12-26-24(25-3)27-13-21-15-31-23(29-21)19-10-6-17(2)7-11-19;/h4-11,14-15H,12-13H2,1-3H3,(H2,25,26,27);1H. The smallest absolute Gasteiger partial charge is 0.226 e. The van der Waals surface area contributed by atoms with Gasteiger partial charge < -0.3 is 19.5 Å². The zero-order valence-electron chi connectivity index (χ0n) is 18.3. The minimum atomic E-state index is 0. The van der Waals surface area contributed by atoms with Gasteiger partial charge in [-0.2, -0.15) is 0 Å². The Morgan fingerprint density at radius 3 is 1.53 bits per heavy atom. The molecule has 8 heteroatoms. The second kappa shape index (κ2) is 10.9. The minimum Gasteiger partial charge on any atom is -0.444 e. The topological polar surface area (TPSA) is 88.5 Å². The summed E-state index contributed by atoms with van der Waals surface area (Å²) in [5.41, 5.74) is 5.89. The van der Waals surface area contributed by atoms with Crippen LogP contribution in [0.1, 0.15) is 22.5 Å². The zero-order chi connectivity index (χ0) is 21.6. The van der Waals surface area contributed by atoms with Crippen molar-refractivity contribution in [2.45, 2.75) is 26.9 Å². The van der Waals surface area contributed by atoms with Crippen molar-refractivity contribution in [3.05, 3.63) is 83.6 Å². The average Bonchev–Trinajstić information content (AvgIpc) is 3.45. The Hall–Kier alpha value is -3.14. The van der Waals surface area contributed by atoms with E-state index in [1.165, 1.54) is 11.1 Å². The largest absolute Gasteiger partial charge is 0.444 e. The van der Waals surface area contributed by atoms with E-state index in [1.54, 1.807) is 19.6 Å². The number of oxazole rings is 2. The Morgan fingerprint density at radius 1 is 0.750 bits per heavy atom. The monoisotopic (exact) mass is 543 g/mol. The predicted molar refractivity (Wildman–Crippen MR) is 136 cm³/mol. The lowest BCUT2D eigenvalue weighted by Crippen LogP contribution is -2.36. The highest BCUT2D eigenvalue weighted by Crippen LogP contribution is 2.20. The van der Waals surface area contributed by atoms with Crippen molar-refractivity contribution in [3.8, 4) is 22.9 Å². The Morgan fingerprint density at radius 2 is 1.16 bits per heavy atom. The van der Waals surface area contributed by atoms with Crippen LogP contribution in [0, 0.1) is 13.8 Å². The number of rotatable bonds is 6. The number of benzene rings is 2. The Labute approximate surface area is 204 Å². The number of nitrogens with zero attached hydrogens (tertiary/aromatic N) is 3. The van der Waals surface area contributed by atoms with Gasteiger partial charge in [0.25, 0.3) is 0 Å². The number of aryl methyl sites for hydroxylation is 2. The second-order valence-electron chi connectivity index (χ2n) is 7.30. The maximum atomic E-state index is 5.60. The van der Waals surface area contributed by atoms with Crippen LogP contribution in [0.3, 0.4) is 0 Å². The number of hydrogen-bond donors (Lipinski definition) is 2. The average molecular weight is 543 g/mol. The molecule has 4 aromatic rings. The number of nitrogens with one attached hydrogen (secondary N) is 2. The van der Waals surface area contributed by atoms with Crippen molar-refractivity contribution < 1.29 is 8.83 Å². The van der Waals surface area contributed by atoms with E-state index in [-0.39, 0.29) is 24.0 Å². The van der Waals surface area contributed by atoms with E-state index in [2.05, 4.69) is 39.4 Å². The van der Waals surface area contributed by atoms with Crippen molar-refractivity contribution in [2.24, 2.45) is 4.99 Å². The van der Waals surface area contributed by atoms with Gasteiger partial charge in [-0.15, -0.1) is 24.0 Å². The molecule has 0 saturated heterocycles. The van der Waals surface area contributed by atoms with E-state index in [0.717, 1.165) is 22.5 Å². The van der Waals surface area contributed by atoms with Crippen LogP contribution in [0.2, 0.25) is 0 Å². The van der Waals surface area contributed by atoms with E-state index in [1.807, 2.05) is 48.5 Å². The maximum absolute atomic E-state index is 5.60. The van der Waals surface area contributed by atoms with E-state index in [0.29, 0.717) is 30.8 Å². The fraction of sp³-hybridized carbons (Fsp3) is 0.208. The summed E-state index contributed by atoms with van der Waals surface area (Å²) in [6.45, 7) is 5.08. The fourth-order valence-electron chi connectivity index (χ4n) is 3.00. The molecular formula is C24H26IN5O2. The zero-order valence-corrected chi connectivity index (χ0v) is 20.6. The molecule has 0 amide bonds. The molecule has 2 heterocycles. The van der Waals surface area contributed by atoms with Gasteiger partial charge in [-0.05, 0) is 38.1 Å². The third-order valence-electron chi connectivity index (χ3n) is 4.80. The van der Waals surface area contributed by atoms with Crippen LogP contribution in [-0.2, 0) is 13.1 Å². The SMILES string of the molecule is CN=C(NCc1coc(-c2ccc(C)cc2)n1)NCc1coc(-c2ccc(C)cc2)n1.I.